The monoisotopic (exact) mass is 211 g/mol. The van der Waals surface area contributed by atoms with Crippen LogP contribution in [0.15, 0.2) is 30.9 Å². The van der Waals surface area contributed by atoms with Crippen LogP contribution >= 0.6 is 11.6 Å². The minimum absolute atomic E-state index is 0.127. The van der Waals surface area contributed by atoms with Gasteiger partial charge in [-0.3, -0.25) is 0 Å². The highest BCUT2D eigenvalue weighted by molar-refractivity contribution is 6.30. The van der Waals surface area contributed by atoms with Crippen molar-refractivity contribution in [1.82, 2.24) is 14.8 Å². The maximum atomic E-state index is 12.8. The largest absolute Gasteiger partial charge is 0.249 e. The van der Waals surface area contributed by atoms with Crippen LogP contribution in [0.2, 0.25) is 5.02 Å². The maximum absolute atomic E-state index is 12.8. The SMILES string of the molecule is Fc1ccc(Cn2cncn2)cc1Cl. The van der Waals surface area contributed by atoms with Crippen LogP contribution in [0.1, 0.15) is 5.56 Å². The summed E-state index contributed by atoms with van der Waals surface area (Å²) in [5, 5.41) is 4.06. The summed E-state index contributed by atoms with van der Waals surface area (Å²) in [5.41, 5.74) is 0.891. The summed E-state index contributed by atoms with van der Waals surface area (Å²) in [4.78, 5) is 3.80. The van der Waals surface area contributed by atoms with Gasteiger partial charge >= 0.3 is 0 Å². The highest BCUT2D eigenvalue weighted by atomic mass is 35.5. The molecule has 0 fully saturated rings. The number of hydrogen-bond acceptors (Lipinski definition) is 2. The lowest BCUT2D eigenvalue weighted by Crippen LogP contribution is -1.99. The van der Waals surface area contributed by atoms with Gasteiger partial charge in [-0.15, -0.1) is 0 Å². The van der Waals surface area contributed by atoms with Gasteiger partial charge in [0.15, 0.2) is 0 Å². The van der Waals surface area contributed by atoms with Gasteiger partial charge in [0, 0.05) is 0 Å². The quantitative estimate of drug-likeness (QED) is 0.762. The number of rotatable bonds is 2. The Morgan fingerprint density at radius 3 is 2.93 bits per heavy atom. The highest BCUT2D eigenvalue weighted by Crippen LogP contribution is 2.16. The van der Waals surface area contributed by atoms with E-state index in [1.165, 1.54) is 12.4 Å². The number of hydrogen-bond donors (Lipinski definition) is 0. The van der Waals surface area contributed by atoms with E-state index in [-0.39, 0.29) is 5.02 Å². The second-order valence-electron chi connectivity index (χ2n) is 2.84. The Labute approximate surface area is 85.1 Å². The third-order valence-corrected chi connectivity index (χ3v) is 2.08. The maximum Gasteiger partial charge on any atom is 0.141 e. The first-order valence-electron chi connectivity index (χ1n) is 4.02. The van der Waals surface area contributed by atoms with Crippen LogP contribution < -0.4 is 0 Å². The first-order valence-corrected chi connectivity index (χ1v) is 4.40. The normalized spacial score (nSPS) is 10.4. The fourth-order valence-corrected chi connectivity index (χ4v) is 1.34. The van der Waals surface area contributed by atoms with Gasteiger partial charge < -0.3 is 0 Å². The minimum Gasteiger partial charge on any atom is -0.249 e. The van der Waals surface area contributed by atoms with Gasteiger partial charge in [0.1, 0.15) is 18.5 Å². The summed E-state index contributed by atoms with van der Waals surface area (Å²) < 4.78 is 14.5. The number of benzene rings is 1. The number of halogens is 2. The summed E-state index contributed by atoms with van der Waals surface area (Å²) in [6, 6.07) is 4.59. The summed E-state index contributed by atoms with van der Waals surface area (Å²) in [5.74, 6) is -0.408. The molecule has 0 aliphatic carbocycles. The van der Waals surface area contributed by atoms with Gasteiger partial charge in [0.05, 0.1) is 11.6 Å². The highest BCUT2D eigenvalue weighted by Gasteiger charge is 2.01. The van der Waals surface area contributed by atoms with Gasteiger partial charge in [-0.25, -0.2) is 14.1 Å². The van der Waals surface area contributed by atoms with E-state index in [1.807, 2.05) is 0 Å². The van der Waals surface area contributed by atoms with Crippen molar-refractivity contribution in [3.63, 3.8) is 0 Å². The first kappa shape index (κ1) is 9.15. The van der Waals surface area contributed by atoms with Crippen LogP contribution in [0.5, 0.6) is 0 Å². The van der Waals surface area contributed by atoms with Crippen LogP contribution in [0.25, 0.3) is 0 Å². The molecule has 5 heteroatoms. The molecule has 3 nitrogen and oxygen atoms in total. The van der Waals surface area contributed by atoms with E-state index in [9.17, 15) is 4.39 Å². The van der Waals surface area contributed by atoms with Crippen molar-refractivity contribution in [3.05, 3.63) is 47.3 Å². The molecule has 14 heavy (non-hydrogen) atoms. The molecule has 0 radical (unpaired) electrons. The smallest absolute Gasteiger partial charge is 0.141 e. The molecule has 0 amide bonds. The van der Waals surface area contributed by atoms with E-state index in [4.69, 9.17) is 11.6 Å². The fourth-order valence-electron chi connectivity index (χ4n) is 1.14. The fraction of sp³-hybridized carbons (Fsp3) is 0.111. The van der Waals surface area contributed by atoms with Crippen molar-refractivity contribution in [2.75, 3.05) is 0 Å². The van der Waals surface area contributed by atoms with Gasteiger partial charge in [0.25, 0.3) is 0 Å². The van der Waals surface area contributed by atoms with Crippen molar-refractivity contribution < 1.29 is 4.39 Å². The van der Waals surface area contributed by atoms with E-state index in [1.54, 1.807) is 23.1 Å². The van der Waals surface area contributed by atoms with Gasteiger partial charge in [-0.05, 0) is 17.7 Å². The molecule has 2 aromatic rings. The van der Waals surface area contributed by atoms with E-state index in [0.29, 0.717) is 6.54 Å². The number of nitrogens with zero attached hydrogens (tertiary/aromatic N) is 3. The molecule has 0 atom stereocenters. The zero-order chi connectivity index (χ0) is 9.97. The van der Waals surface area contributed by atoms with Crippen LogP contribution in [0.3, 0.4) is 0 Å². The molecule has 0 bridgehead atoms. The third-order valence-electron chi connectivity index (χ3n) is 1.80. The van der Waals surface area contributed by atoms with E-state index < -0.39 is 5.82 Å². The molecular formula is C9H7ClFN3. The third kappa shape index (κ3) is 1.90. The van der Waals surface area contributed by atoms with E-state index in [2.05, 4.69) is 10.1 Å². The molecule has 0 unspecified atom stereocenters. The van der Waals surface area contributed by atoms with Crippen LogP contribution in [-0.4, -0.2) is 14.8 Å². The standard InChI is InChI=1S/C9H7ClFN3/c10-8-3-7(1-2-9(8)11)4-14-6-12-5-13-14/h1-3,5-6H,4H2. The molecule has 1 aromatic carbocycles. The Bertz CT molecular complexity index is 428. The van der Waals surface area contributed by atoms with E-state index in [0.717, 1.165) is 5.56 Å². The van der Waals surface area contributed by atoms with Crippen LogP contribution in [0, 0.1) is 5.82 Å². The Kier molecular flexibility index (Phi) is 2.45. The predicted molar refractivity (Wildman–Crippen MR) is 50.5 cm³/mol. The summed E-state index contributed by atoms with van der Waals surface area (Å²) in [6.07, 6.45) is 3.04. The molecule has 1 aromatic heterocycles. The summed E-state index contributed by atoms with van der Waals surface area (Å²) >= 11 is 5.63. The molecular weight excluding hydrogens is 205 g/mol. The molecule has 0 aliphatic rings. The Morgan fingerprint density at radius 2 is 2.29 bits per heavy atom. The Balaban J connectivity index is 2.22. The lowest BCUT2D eigenvalue weighted by atomic mass is 10.2. The Morgan fingerprint density at radius 1 is 1.43 bits per heavy atom. The van der Waals surface area contributed by atoms with Gasteiger partial charge in [-0.1, -0.05) is 17.7 Å². The van der Waals surface area contributed by atoms with Crippen LogP contribution in [-0.2, 0) is 6.54 Å². The van der Waals surface area contributed by atoms with Gasteiger partial charge in [0.2, 0.25) is 0 Å². The molecule has 0 saturated heterocycles. The predicted octanol–water partition coefficient (Wildman–Crippen LogP) is 2.12. The summed E-state index contributed by atoms with van der Waals surface area (Å²) in [7, 11) is 0. The lowest BCUT2D eigenvalue weighted by molar-refractivity contribution is 0.625. The average molecular weight is 212 g/mol. The molecule has 1 heterocycles. The Hall–Kier alpha value is -1.42. The zero-order valence-electron chi connectivity index (χ0n) is 7.19. The molecule has 0 spiro atoms. The summed E-state index contributed by atoms with van der Waals surface area (Å²) in [6.45, 7) is 0.542. The van der Waals surface area contributed by atoms with Crippen molar-refractivity contribution >= 4 is 11.6 Å². The second-order valence-corrected chi connectivity index (χ2v) is 3.25. The molecule has 0 aliphatic heterocycles. The number of aromatic nitrogens is 3. The lowest BCUT2D eigenvalue weighted by Gasteiger charge is -2.01. The second kappa shape index (κ2) is 3.75. The van der Waals surface area contributed by atoms with Crippen LogP contribution in [0.4, 0.5) is 4.39 Å². The first-order chi connectivity index (χ1) is 6.75. The average Bonchev–Trinajstić information content (AvgIpc) is 2.64. The van der Waals surface area contributed by atoms with Gasteiger partial charge in [-0.2, -0.15) is 5.10 Å². The minimum atomic E-state index is -0.408. The van der Waals surface area contributed by atoms with E-state index >= 15 is 0 Å². The zero-order valence-corrected chi connectivity index (χ0v) is 7.95. The topological polar surface area (TPSA) is 30.7 Å². The molecule has 0 N–H and O–H groups in total. The molecule has 2 rings (SSSR count). The molecule has 72 valence electrons. The molecule has 0 saturated carbocycles. The van der Waals surface area contributed by atoms with Crippen molar-refractivity contribution in [3.8, 4) is 0 Å². The van der Waals surface area contributed by atoms with Crippen molar-refractivity contribution in [2.45, 2.75) is 6.54 Å². The van der Waals surface area contributed by atoms with Crippen molar-refractivity contribution in [2.24, 2.45) is 0 Å². The van der Waals surface area contributed by atoms with Crippen molar-refractivity contribution in [1.29, 1.82) is 0 Å².